The molecule has 0 aromatic rings. The molecule has 0 saturated carbocycles. The van der Waals surface area contributed by atoms with Crippen LogP contribution in [-0.2, 0) is 14.3 Å². The van der Waals surface area contributed by atoms with Crippen molar-refractivity contribution in [1.82, 2.24) is 5.32 Å². The first-order valence-electron chi connectivity index (χ1n) is 32.9. The molecule has 0 aromatic carbocycles. The summed E-state index contributed by atoms with van der Waals surface area (Å²) in [5.74, 6) is -0.0199. The number of aliphatic hydroxyl groups excluding tert-OH is 2. The van der Waals surface area contributed by atoms with Crippen LogP contribution in [0.4, 0.5) is 0 Å². The summed E-state index contributed by atoms with van der Waals surface area (Å²) >= 11 is 0. The average Bonchev–Trinajstić information content (AvgIpc) is 3.38. The lowest BCUT2D eigenvalue weighted by Gasteiger charge is -2.22. The van der Waals surface area contributed by atoms with Gasteiger partial charge in [0.2, 0.25) is 5.91 Å². The number of nitrogens with one attached hydrogen (secondary N) is 1. The zero-order chi connectivity index (χ0) is 52.2. The normalized spacial score (nSPS) is 12.6. The highest BCUT2D eigenvalue weighted by Crippen LogP contribution is 2.18. The Labute approximate surface area is 450 Å². The fourth-order valence-corrected chi connectivity index (χ4v) is 10.5. The molecule has 428 valence electrons. The number of ether oxygens (including phenoxy) is 1. The van der Waals surface area contributed by atoms with Gasteiger partial charge in [-0.1, -0.05) is 321 Å². The number of hydrogen-bond donors (Lipinski definition) is 3. The summed E-state index contributed by atoms with van der Waals surface area (Å²) in [5, 5.41) is 23.3. The Morgan fingerprint density at radius 2 is 0.653 bits per heavy atom. The van der Waals surface area contributed by atoms with Gasteiger partial charge in [-0.15, -0.1) is 0 Å². The molecule has 1 amide bonds. The molecule has 6 nitrogen and oxygen atoms in total. The highest BCUT2D eigenvalue weighted by atomic mass is 16.5. The number of esters is 1. The summed E-state index contributed by atoms with van der Waals surface area (Å²) < 4.78 is 5.50. The molecule has 2 atom stereocenters. The molecule has 0 fully saturated rings. The number of unbranched alkanes of at least 4 members (excludes halogenated alkanes) is 49. The summed E-state index contributed by atoms with van der Waals surface area (Å²) in [4.78, 5) is 24.6. The maximum absolute atomic E-state index is 12.5. The molecule has 0 spiro atoms. The third-order valence-corrected chi connectivity index (χ3v) is 15.6. The third-order valence-electron chi connectivity index (χ3n) is 15.6. The van der Waals surface area contributed by atoms with E-state index in [0.29, 0.717) is 25.9 Å². The molecule has 0 aliphatic heterocycles. The van der Waals surface area contributed by atoms with Crippen LogP contribution in [0.25, 0.3) is 0 Å². The van der Waals surface area contributed by atoms with Gasteiger partial charge in [0.15, 0.2) is 0 Å². The number of rotatable bonds is 62. The molecule has 0 bridgehead atoms. The van der Waals surface area contributed by atoms with Crippen LogP contribution in [0, 0.1) is 0 Å². The Hall–Kier alpha value is -1.40. The quantitative estimate of drug-likeness (QED) is 0.0320. The van der Waals surface area contributed by atoms with Crippen molar-refractivity contribution in [3.8, 4) is 0 Å². The summed E-state index contributed by atoms with van der Waals surface area (Å²) in [5.41, 5.74) is 0. The third kappa shape index (κ3) is 57.9. The Bertz CT molecular complexity index is 1080. The van der Waals surface area contributed by atoms with E-state index in [0.717, 1.165) is 38.5 Å². The van der Waals surface area contributed by atoms with Crippen molar-refractivity contribution in [2.45, 2.75) is 386 Å². The monoisotopic (exact) mass is 1020 g/mol. The minimum Gasteiger partial charge on any atom is -0.466 e. The second-order valence-corrected chi connectivity index (χ2v) is 22.8. The van der Waals surface area contributed by atoms with Gasteiger partial charge in [-0.2, -0.15) is 0 Å². The van der Waals surface area contributed by atoms with E-state index in [1.54, 1.807) is 0 Å². The van der Waals surface area contributed by atoms with Crippen molar-refractivity contribution in [2.75, 3.05) is 13.2 Å². The molecule has 0 aliphatic carbocycles. The van der Waals surface area contributed by atoms with Crippen LogP contribution in [0.2, 0.25) is 0 Å². The van der Waals surface area contributed by atoms with Crippen molar-refractivity contribution < 1.29 is 24.5 Å². The molecule has 0 saturated heterocycles. The number of carbonyl (C=O) groups is 2. The van der Waals surface area contributed by atoms with Crippen LogP contribution in [0.15, 0.2) is 12.2 Å². The lowest BCUT2D eigenvalue weighted by atomic mass is 10.0. The van der Waals surface area contributed by atoms with Crippen molar-refractivity contribution in [3.05, 3.63) is 12.2 Å². The fourth-order valence-electron chi connectivity index (χ4n) is 10.5. The van der Waals surface area contributed by atoms with Crippen LogP contribution in [0.3, 0.4) is 0 Å². The first-order chi connectivity index (χ1) is 35.5. The van der Waals surface area contributed by atoms with E-state index in [4.69, 9.17) is 4.74 Å². The molecular weight excluding hydrogens is 887 g/mol. The zero-order valence-corrected chi connectivity index (χ0v) is 48.9. The summed E-state index contributed by atoms with van der Waals surface area (Å²) in [6, 6.07) is -0.544. The number of aliphatic hydroxyl groups is 2. The Balaban J connectivity index is 3.38. The van der Waals surface area contributed by atoms with Gasteiger partial charge in [0.1, 0.15) is 0 Å². The predicted molar refractivity (Wildman–Crippen MR) is 315 cm³/mol. The van der Waals surface area contributed by atoms with Crippen LogP contribution >= 0.6 is 0 Å². The van der Waals surface area contributed by atoms with Gasteiger partial charge in [-0.05, 0) is 51.4 Å². The first kappa shape index (κ1) is 70.6. The van der Waals surface area contributed by atoms with Gasteiger partial charge >= 0.3 is 5.97 Å². The largest absolute Gasteiger partial charge is 0.466 e. The Morgan fingerprint density at radius 1 is 0.375 bits per heavy atom. The summed E-state index contributed by atoms with van der Waals surface area (Å²) in [6.07, 6.45) is 75.2. The molecule has 2 unspecified atom stereocenters. The van der Waals surface area contributed by atoms with Crippen LogP contribution < -0.4 is 5.32 Å². The molecule has 72 heavy (non-hydrogen) atoms. The number of amides is 1. The zero-order valence-electron chi connectivity index (χ0n) is 48.9. The number of hydrogen-bond acceptors (Lipinski definition) is 5. The highest BCUT2D eigenvalue weighted by Gasteiger charge is 2.20. The molecule has 3 N–H and O–H groups in total. The van der Waals surface area contributed by atoms with Gasteiger partial charge in [0.25, 0.3) is 0 Å². The maximum Gasteiger partial charge on any atom is 0.305 e. The number of allylic oxidation sites excluding steroid dienone is 2. The van der Waals surface area contributed by atoms with Crippen molar-refractivity contribution in [3.63, 3.8) is 0 Å². The van der Waals surface area contributed by atoms with E-state index in [1.165, 1.54) is 302 Å². The Morgan fingerprint density at radius 3 is 0.986 bits per heavy atom. The second-order valence-electron chi connectivity index (χ2n) is 22.8. The highest BCUT2D eigenvalue weighted by molar-refractivity contribution is 5.76. The van der Waals surface area contributed by atoms with Gasteiger partial charge < -0.3 is 20.3 Å². The lowest BCUT2D eigenvalue weighted by Crippen LogP contribution is -2.45. The maximum atomic E-state index is 12.5. The van der Waals surface area contributed by atoms with E-state index >= 15 is 0 Å². The number of carbonyl (C=O) groups excluding carboxylic acids is 2. The average molecular weight is 1020 g/mol. The van der Waals surface area contributed by atoms with E-state index in [1.807, 2.05) is 0 Å². The van der Waals surface area contributed by atoms with Crippen molar-refractivity contribution >= 4 is 11.9 Å². The minimum absolute atomic E-state index is 0.0168. The van der Waals surface area contributed by atoms with E-state index < -0.39 is 12.1 Å². The van der Waals surface area contributed by atoms with E-state index in [-0.39, 0.29) is 18.5 Å². The lowest BCUT2D eigenvalue weighted by molar-refractivity contribution is -0.143. The van der Waals surface area contributed by atoms with Gasteiger partial charge in [0.05, 0.1) is 25.4 Å². The molecule has 0 radical (unpaired) electrons. The van der Waals surface area contributed by atoms with Crippen LogP contribution in [0.1, 0.15) is 373 Å². The first-order valence-corrected chi connectivity index (χ1v) is 32.9. The molecule has 0 heterocycles. The van der Waals surface area contributed by atoms with Crippen molar-refractivity contribution in [2.24, 2.45) is 0 Å². The van der Waals surface area contributed by atoms with Crippen molar-refractivity contribution in [1.29, 1.82) is 0 Å². The van der Waals surface area contributed by atoms with E-state index in [2.05, 4.69) is 31.3 Å². The second kappa shape index (κ2) is 62.1. The van der Waals surface area contributed by atoms with Crippen LogP contribution in [0.5, 0.6) is 0 Å². The predicted octanol–water partition coefficient (Wildman–Crippen LogP) is 20.8. The standard InChI is InChI=1S/C66H129NO5/c1-3-5-7-9-11-13-15-17-19-32-36-40-44-48-52-56-60-66(71)72-61-57-53-49-45-41-37-33-29-27-25-23-21-20-22-24-26-28-31-35-39-43-47-51-55-59-65(70)67-63(62-68)64(69)58-54-50-46-42-38-34-30-18-16-14-12-10-8-6-4-2/h22,24,63-64,68-69H,3-21,23,25-62H2,1-2H3,(H,67,70)/b24-22-. The van der Waals surface area contributed by atoms with Crippen LogP contribution in [-0.4, -0.2) is 47.4 Å². The molecule has 0 aliphatic rings. The fraction of sp³-hybridized carbons (Fsp3) is 0.939. The smallest absolute Gasteiger partial charge is 0.305 e. The minimum atomic E-state index is -0.666. The summed E-state index contributed by atoms with van der Waals surface area (Å²) in [6.45, 7) is 4.98. The SMILES string of the molecule is CCCCCCCCCCCCCCCCCCC(=O)OCCCCCCCCCCCCCC/C=C\CCCCCCCCCCC(=O)NC(CO)C(O)CCCCCCCCCCCCCCCCC. The summed E-state index contributed by atoms with van der Waals surface area (Å²) in [7, 11) is 0. The van der Waals surface area contributed by atoms with Gasteiger partial charge in [0, 0.05) is 12.8 Å². The topological polar surface area (TPSA) is 95.9 Å². The molecular formula is C66H129NO5. The van der Waals surface area contributed by atoms with Gasteiger partial charge in [-0.25, -0.2) is 0 Å². The van der Waals surface area contributed by atoms with Gasteiger partial charge in [-0.3, -0.25) is 9.59 Å². The van der Waals surface area contributed by atoms with E-state index in [9.17, 15) is 19.8 Å². The molecule has 0 aromatic heterocycles. The Kier molecular flexibility index (Phi) is 60.9. The molecule has 0 rings (SSSR count). The molecule has 6 heteroatoms.